The van der Waals surface area contributed by atoms with Crippen LogP contribution < -0.4 is 15.4 Å². The highest BCUT2D eigenvalue weighted by Crippen LogP contribution is 2.28. The van der Waals surface area contributed by atoms with E-state index in [2.05, 4.69) is 44.6 Å². The van der Waals surface area contributed by atoms with E-state index in [-0.39, 0.29) is 5.91 Å². The molecule has 0 atom stereocenters. The van der Waals surface area contributed by atoms with Crippen LogP contribution in [0.5, 0.6) is 5.75 Å². The summed E-state index contributed by atoms with van der Waals surface area (Å²) in [6, 6.07) is 13.8. The number of oxazole rings is 1. The van der Waals surface area contributed by atoms with Crippen molar-refractivity contribution in [1.29, 1.82) is 0 Å². The van der Waals surface area contributed by atoms with Gasteiger partial charge in [-0.05, 0) is 43.8 Å². The number of ether oxygens (including phenoxy) is 1. The van der Waals surface area contributed by atoms with Gasteiger partial charge in [0.1, 0.15) is 5.75 Å². The average molecular weight is 450 g/mol. The molecule has 1 aliphatic heterocycles. The zero-order valence-electron chi connectivity index (χ0n) is 19.4. The van der Waals surface area contributed by atoms with Gasteiger partial charge in [-0.2, -0.15) is 0 Å². The summed E-state index contributed by atoms with van der Waals surface area (Å²) in [5, 5.41) is 6.04. The standard InChI is InChI=1S/C25H31N5O3/c1-4-26-24(31)20-7-5-19(6-8-20)23-16-27-25(33-23)28-21-13-18(14-22(15-21)32-3)17-30-11-9-29(2)10-12-30/h5-8,13-16H,4,9-12,17H2,1-3H3,(H,26,31)(H,27,28). The average Bonchev–Trinajstić information content (AvgIpc) is 3.29. The Morgan fingerprint density at radius 3 is 2.58 bits per heavy atom. The number of rotatable bonds is 8. The Morgan fingerprint density at radius 2 is 1.88 bits per heavy atom. The molecule has 33 heavy (non-hydrogen) atoms. The van der Waals surface area contributed by atoms with Crippen molar-refractivity contribution >= 4 is 17.6 Å². The molecule has 0 radical (unpaired) electrons. The lowest BCUT2D eigenvalue weighted by atomic mass is 10.1. The lowest BCUT2D eigenvalue weighted by Gasteiger charge is -2.32. The molecule has 174 valence electrons. The molecule has 0 saturated carbocycles. The second-order valence-electron chi connectivity index (χ2n) is 8.24. The third kappa shape index (κ3) is 5.91. The number of methoxy groups -OCH3 is 1. The summed E-state index contributed by atoms with van der Waals surface area (Å²) < 4.78 is 11.4. The van der Waals surface area contributed by atoms with Crippen LogP contribution in [-0.2, 0) is 6.54 Å². The first kappa shape index (κ1) is 22.8. The molecule has 0 bridgehead atoms. The van der Waals surface area contributed by atoms with Crippen LogP contribution in [0.3, 0.4) is 0 Å². The van der Waals surface area contributed by atoms with Crippen molar-refractivity contribution in [3.05, 3.63) is 59.8 Å². The van der Waals surface area contributed by atoms with Gasteiger partial charge in [0, 0.05) is 62.1 Å². The van der Waals surface area contributed by atoms with E-state index in [0.717, 1.165) is 49.7 Å². The second kappa shape index (κ2) is 10.5. The van der Waals surface area contributed by atoms with E-state index in [1.54, 1.807) is 25.4 Å². The molecule has 3 aromatic rings. The van der Waals surface area contributed by atoms with Crippen molar-refractivity contribution in [3.8, 4) is 17.1 Å². The van der Waals surface area contributed by atoms with Gasteiger partial charge in [0.2, 0.25) is 0 Å². The third-order valence-electron chi connectivity index (χ3n) is 5.73. The van der Waals surface area contributed by atoms with Gasteiger partial charge in [0.25, 0.3) is 11.9 Å². The van der Waals surface area contributed by atoms with Gasteiger partial charge in [0.05, 0.1) is 13.3 Å². The predicted molar refractivity (Wildman–Crippen MR) is 129 cm³/mol. The van der Waals surface area contributed by atoms with Crippen molar-refractivity contribution in [2.45, 2.75) is 13.5 Å². The second-order valence-corrected chi connectivity index (χ2v) is 8.24. The lowest BCUT2D eigenvalue weighted by Crippen LogP contribution is -2.43. The molecule has 1 aliphatic rings. The highest BCUT2D eigenvalue weighted by molar-refractivity contribution is 5.94. The summed E-state index contributed by atoms with van der Waals surface area (Å²) in [5.74, 6) is 1.33. The molecule has 1 amide bonds. The van der Waals surface area contributed by atoms with E-state index in [1.165, 1.54) is 5.56 Å². The number of benzene rings is 2. The zero-order valence-corrected chi connectivity index (χ0v) is 19.4. The monoisotopic (exact) mass is 449 g/mol. The maximum absolute atomic E-state index is 11.9. The van der Waals surface area contributed by atoms with E-state index in [9.17, 15) is 4.79 Å². The number of carbonyl (C=O) groups is 1. The van der Waals surface area contributed by atoms with Gasteiger partial charge in [-0.15, -0.1) is 0 Å². The number of likely N-dealkylation sites (N-methyl/N-ethyl adjacent to an activating group) is 1. The third-order valence-corrected chi connectivity index (χ3v) is 5.73. The SMILES string of the molecule is CCNC(=O)c1ccc(-c2cnc(Nc3cc(CN4CCN(C)CC4)cc(OC)c3)o2)cc1. The minimum Gasteiger partial charge on any atom is -0.497 e. The molecule has 1 fully saturated rings. The Balaban J connectivity index is 1.45. The maximum Gasteiger partial charge on any atom is 0.299 e. The predicted octanol–water partition coefficient (Wildman–Crippen LogP) is 3.59. The number of anilines is 2. The van der Waals surface area contributed by atoms with E-state index in [4.69, 9.17) is 9.15 Å². The molecule has 8 heteroatoms. The molecular weight excluding hydrogens is 418 g/mol. The maximum atomic E-state index is 11.9. The Labute approximate surface area is 194 Å². The summed E-state index contributed by atoms with van der Waals surface area (Å²) in [5.41, 5.74) is 3.50. The molecule has 2 N–H and O–H groups in total. The molecule has 1 saturated heterocycles. The van der Waals surface area contributed by atoms with Crippen LogP contribution in [0.4, 0.5) is 11.7 Å². The molecule has 0 aliphatic carbocycles. The van der Waals surface area contributed by atoms with Gasteiger partial charge in [-0.25, -0.2) is 4.98 Å². The molecule has 0 unspecified atom stereocenters. The Morgan fingerprint density at radius 1 is 1.12 bits per heavy atom. The smallest absolute Gasteiger partial charge is 0.299 e. The molecular formula is C25H31N5O3. The van der Waals surface area contributed by atoms with Crippen LogP contribution in [0.25, 0.3) is 11.3 Å². The Hall–Kier alpha value is -3.36. The normalized spacial score (nSPS) is 14.8. The summed E-state index contributed by atoms with van der Waals surface area (Å²) in [4.78, 5) is 21.1. The minimum absolute atomic E-state index is 0.0885. The van der Waals surface area contributed by atoms with Crippen LogP contribution in [0.2, 0.25) is 0 Å². The number of hydrogen-bond donors (Lipinski definition) is 2. The zero-order chi connectivity index (χ0) is 23.2. The fourth-order valence-electron chi connectivity index (χ4n) is 3.84. The number of hydrogen-bond acceptors (Lipinski definition) is 7. The van der Waals surface area contributed by atoms with Crippen LogP contribution in [0.1, 0.15) is 22.8 Å². The number of piperazine rings is 1. The first-order chi connectivity index (χ1) is 16.0. The van der Waals surface area contributed by atoms with Gasteiger partial charge in [-0.3, -0.25) is 9.69 Å². The van der Waals surface area contributed by atoms with E-state index in [1.807, 2.05) is 25.1 Å². The van der Waals surface area contributed by atoms with Crippen LogP contribution in [0, 0.1) is 0 Å². The van der Waals surface area contributed by atoms with E-state index >= 15 is 0 Å². The molecule has 2 aromatic carbocycles. The number of amides is 1. The summed E-state index contributed by atoms with van der Waals surface area (Å²) in [6.07, 6.45) is 1.68. The summed E-state index contributed by atoms with van der Waals surface area (Å²) >= 11 is 0. The fraction of sp³-hybridized carbons (Fsp3) is 0.360. The van der Waals surface area contributed by atoms with Crippen LogP contribution >= 0.6 is 0 Å². The van der Waals surface area contributed by atoms with E-state index < -0.39 is 0 Å². The summed E-state index contributed by atoms with van der Waals surface area (Å²) in [6.45, 7) is 7.63. The van der Waals surface area contributed by atoms with Gasteiger partial charge in [-0.1, -0.05) is 12.1 Å². The van der Waals surface area contributed by atoms with Gasteiger partial charge in [0.15, 0.2) is 5.76 Å². The number of aromatic nitrogens is 1. The molecule has 4 rings (SSSR count). The Kier molecular flexibility index (Phi) is 7.26. The molecule has 0 spiro atoms. The van der Waals surface area contributed by atoms with Gasteiger partial charge < -0.3 is 24.7 Å². The number of nitrogens with zero attached hydrogens (tertiary/aromatic N) is 3. The topological polar surface area (TPSA) is 82.9 Å². The summed E-state index contributed by atoms with van der Waals surface area (Å²) in [7, 11) is 3.83. The molecule has 8 nitrogen and oxygen atoms in total. The number of nitrogens with one attached hydrogen (secondary N) is 2. The van der Waals surface area contributed by atoms with Crippen molar-refractivity contribution in [1.82, 2.24) is 20.1 Å². The highest BCUT2D eigenvalue weighted by Gasteiger charge is 2.15. The van der Waals surface area contributed by atoms with E-state index in [0.29, 0.717) is 23.9 Å². The fourth-order valence-corrected chi connectivity index (χ4v) is 3.84. The molecule has 1 aromatic heterocycles. The molecule has 2 heterocycles. The quantitative estimate of drug-likeness (QED) is 0.544. The van der Waals surface area contributed by atoms with Crippen molar-refractivity contribution in [3.63, 3.8) is 0 Å². The minimum atomic E-state index is -0.0885. The van der Waals surface area contributed by atoms with Gasteiger partial charge >= 0.3 is 0 Å². The highest BCUT2D eigenvalue weighted by atomic mass is 16.5. The first-order valence-corrected chi connectivity index (χ1v) is 11.2. The Bertz CT molecular complexity index is 1070. The van der Waals surface area contributed by atoms with Crippen molar-refractivity contribution in [2.75, 3.05) is 52.2 Å². The van der Waals surface area contributed by atoms with Crippen LogP contribution in [-0.4, -0.2) is 67.6 Å². The number of carbonyl (C=O) groups excluding carboxylic acids is 1. The lowest BCUT2D eigenvalue weighted by molar-refractivity contribution is 0.0956. The van der Waals surface area contributed by atoms with Crippen molar-refractivity contribution < 1.29 is 13.9 Å². The first-order valence-electron chi connectivity index (χ1n) is 11.2. The van der Waals surface area contributed by atoms with Crippen molar-refractivity contribution in [2.24, 2.45) is 0 Å². The largest absolute Gasteiger partial charge is 0.497 e. The van der Waals surface area contributed by atoms with Crippen LogP contribution in [0.15, 0.2) is 53.1 Å².